The lowest BCUT2D eigenvalue weighted by Crippen LogP contribution is -2.43. The molecule has 2 amide bonds. The van der Waals surface area contributed by atoms with Crippen LogP contribution in [0, 0.1) is 10.1 Å². The molecule has 0 aromatic heterocycles. The summed E-state index contributed by atoms with van der Waals surface area (Å²) in [6.45, 7) is -0.386. The van der Waals surface area contributed by atoms with E-state index >= 15 is 0 Å². The molecule has 1 aliphatic rings. The molecule has 7 heteroatoms. The topological polar surface area (TPSA) is 101 Å². The number of fused-ring (bicyclic) bond motifs is 1. The van der Waals surface area contributed by atoms with E-state index in [0.29, 0.717) is 16.7 Å². The van der Waals surface area contributed by atoms with E-state index in [9.17, 15) is 24.8 Å². The van der Waals surface area contributed by atoms with Gasteiger partial charge in [0.2, 0.25) is 0 Å². The number of carbonyl (C=O) groups is 2. The number of amides is 2. The number of non-ortho nitro benzene ring substituents is 1. The summed E-state index contributed by atoms with van der Waals surface area (Å²) in [6.07, 6.45) is 0.222. The fourth-order valence-corrected chi connectivity index (χ4v) is 2.80. The zero-order valence-electron chi connectivity index (χ0n) is 12.6. The van der Waals surface area contributed by atoms with E-state index in [1.807, 2.05) is 0 Å². The van der Waals surface area contributed by atoms with Gasteiger partial charge in [0.1, 0.15) is 0 Å². The summed E-state index contributed by atoms with van der Waals surface area (Å²) in [5, 5.41) is 20.3. The van der Waals surface area contributed by atoms with Crippen LogP contribution in [0.4, 0.5) is 5.69 Å². The van der Waals surface area contributed by atoms with Crippen LogP contribution in [-0.2, 0) is 6.42 Å². The Morgan fingerprint density at radius 1 is 1.00 bits per heavy atom. The number of imide groups is 1. The van der Waals surface area contributed by atoms with Crippen molar-refractivity contribution in [2.24, 2.45) is 0 Å². The van der Waals surface area contributed by atoms with Gasteiger partial charge in [-0.3, -0.25) is 24.6 Å². The summed E-state index contributed by atoms with van der Waals surface area (Å²) in [7, 11) is 0. The smallest absolute Gasteiger partial charge is 0.269 e. The molecule has 1 atom stereocenters. The minimum absolute atomic E-state index is 0.0416. The summed E-state index contributed by atoms with van der Waals surface area (Å²) in [4.78, 5) is 36.1. The van der Waals surface area contributed by atoms with E-state index in [-0.39, 0.29) is 18.7 Å². The highest BCUT2D eigenvalue weighted by molar-refractivity contribution is 6.21. The van der Waals surface area contributed by atoms with Crippen molar-refractivity contribution in [3.05, 3.63) is 75.3 Å². The number of nitro benzene ring substituents is 1. The molecule has 0 radical (unpaired) electrons. The van der Waals surface area contributed by atoms with Crippen LogP contribution >= 0.6 is 0 Å². The Kier molecular flexibility index (Phi) is 4.09. The third-order valence-corrected chi connectivity index (χ3v) is 4.02. The lowest BCUT2D eigenvalue weighted by Gasteiger charge is -2.24. The predicted molar refractivity (Wildman–Crippen MR) is 84.6 cm³/mol. The van der Waals surface area contributed by atoms with Crippen LogP contribution in [0.5, 0.6) is 0 Å². The number of benzene rings is 2. The summed E-state index contributed by atoms with van der Waals surface area (Å²) < 4.78 is 0. The third-order valence-electron chi connectivity index (χ3n) is 4.02. The molecular formula is C17H14N2O5. The molecule has 1 N–H and O–H groups in total. The van der Waals surface area contributed by atoms with E-state index in [0.717, 1.165) is 4.90 Å². The fourth-order valence-electron chi connectivity index (χ4n) is 2.80. The number of aliphatic hydroxyl groups is 1. The first kappa shape index (κ1) is 15.8. The Bertz CT molecular complexity index is 781. The lowest BCUT2D eigenvalue weighted by atomic mass is 10.0. The zero-order chi connectivity index (χ0) is 17.3. The molecule has 24 heavy (non-hydrogen) atoms. The first-order chi connectivity index (χ1) is 11.5. The predicted octanol–water partition coefficient (Wildman–Crippen LogP) is 1.79. The molecule has 1 aliphatic heterocycles. The zero-order valence-corrected chi connectivity index (χ0v) is 12.6. The summed E-state index contributed by atoms with van der Waals surface area (Å²) in [5.41, 5.74) is 1.30. The van der Waals surface area contributed by atoms with Crippen LogP contribution in [0.15, 0.2) is 48.5 Å². The van der Waals surface area contributed by atoms with Crippen LogP contribution in [0.2, 0.25) is 0 Å². The Hall–Kier alpha value is -3.06. The van der Waals surface area contributed by atoms with E-state index in [1.54, 1.807) is 36.4 Å². The van der Waals surface area contributed by atoms with Crippen LogP contribution < -0.4 is 0 Å². The van der Waals surface area contributed by atoms with E-state index in [1.165, 1.54) is 12.1 Å². The monoisotopic (exact) mass is 326 g/mol. The molecule has 0 spiro atoms. The van der Waals surface area contributed by atoms with Crippen molar-refractivity contribution in [2.75, 3.05) is 6.61 Å². The van der Waals surface area contributed by atoms with Gasteiger partial charge in [0.25, 0.3) is 17.5 Å². The SMILES string of the molecule is O=C1c2ccccc2C(=O)N1[C@H](CO)Cc1ccc([N+](=O)[O-])cc1. The maximum Gasteiger partial charge on any atom is 0.269 e. The van der Waals surface area contributed by atoms with Crippen LogP contribution in [0.3, 0.4) is 0 Å². The van der Waals surface area contributed by atoms with Gasteiger partial charge < -0.3 is 5.11 Å². The van der Waals surface area contributed by atoms with E-state index < -0.39 is 22.8 Å². The van der Waals surface area contributed by atoms with Crippen molar-refractivity contribution >= 4 is 17.5 Å². The number of hydrogen-bond donors (Lipinski definition) is 1. The molecule has 3 rings (SSSR count). The molecule has 0 fully saturated rings. The number of carbonyl (C=O) groups excluding carboxylic acids is 2. The molecule has 0 bridgehead atoms. The Morgan fingerprint density at radius 3 is 2.00 bits per heavy atom. The minimum atomic E-state index is -0.723. The minimum Gasteiger partial charge on any atom is -0.394 e. The van der Waals surface area contributed by atoms with E-state index in [4.69, 9.17) is 0 Å². The van der Waals surface area contributed by atoms with Gasteiger partial charge in [-0.2, -0.15) is 0 Å². The highest BCUT2D eigenvalue weighted by Gasteiger charge is 2.39. The standard InChI is InChI=1S/C17H14N2O5/c20-10-13(9-11-5-7-12(8-6-11)19(23)24)18-16(21)14-3-1-2-4-15(14)17(18)22/h1-8,13,20H,9-10H2/t13-/m0/s1. The molecular weight excluding hydrogens is 312 g/mol. The summed E-state index contributed by atoms with van der Waals surface area (Å²) >= 11 is 0. The molecule has 2 aromatic carbocycles. The number of hydrogen-bond acceptors (Lipinski definition) is 5. The summed E-state index contributed by atoms with van der Waals surface area (Å²) in [6, 6.07) is 11.6. The van der Waals surface area contributed by atoms with Crippen LogP contribution in [0.1, 0.15) is 26.3 Å². The highest BCUT2D eigenvalue weighted by Crippen LogP contribution is 2.26. The van der Waals surface area contributed by atoms with Crippen molar-refractivity contribution in [1.29, 1.82) is 0 Å². The van der Waals surface area contributed by atoms with Gasteiger partial charge in [-0.15, -0.1) is 0 Å². The van der Waals surface area contributed by atoms with Gasteiger partial charge in [0, 0.05) is 12.1 Å². The molecule has 0 aliphatic carbocycles. The lowest BCUT2D eigenvalue weighted by molar-refractivity contribution is -0.384. The quantitative estimate of drug-likeness (QED) is 0.513. The fraction of sp³-hybridized carbons (Fsp3) is 0.176. The normalized spacial score (nSPS) is 14.6. The molecule has 0 saturated heterocycles. The first-order valence-corrected chi connectivity index (χ1v) is 7.34. The van der Waals surface area contributed by atoms with Gasteiger partial charge in [-0.05, 0) is 24.1 Å². The Balaban J connectivity index is 1.84. The average molecular weight is 326 g/mol. The molecule has 0 unspecified atom stereocenters. The highest BCUT2D eigenvalue weighted by atomic mass is 16.6. The third kappa shape index (κ3) is 2.65. The number of rotatable bonds is 5. The second-order valence-electron chi connectivity index (χ2n) is 5.49. The van der Waals surface area contributed by atoms with Gasteiger partial charge in [-0.1, -0.05) is 24.3 Å². The van der Waals surface area contributed by atoms with Crippen LogP contribution in [-0.4, -0.2) is 39.4 Å². The average Bonchev–Trinajstić information content (AvgIpc) is 2.85. The maximum atomic E-state index is 12.4. The number of nitro groups is 1. The van der Waals surface area contributed by atoms with E-state index in [2.05, 4.69) is 0 Å². The number of aliphatic hydroxyl groups excluding tert-OH is 1. The largest absolute Gasteiger partial charge is 0.394 e. The molecule has 2 aromatic rings. The van der Waals surface area contributed by atoms with Crippen molar-refractivity contribution in [1.82, 2.24) is 4.90 Å². The molecule has 1 heterocycles. The van der Waals surface area contributed by atoms with Gasteiger partial charge >= 0.3 is 0 Å². The van der Waals surface area contributed by atoms with Gasteiger partial charge in [0.15, 0.2) is 0 Å². The molecule has 122 valence electrons. The van der Waals surface area contributed by atoms with Crippen molar-refractivity contribution in [3.63, 3.8) is 0 Å². The number of nitrogens with zero attached hydrogens (tertiary/aromatic N) is 2. The summed E-state index contributed by atoms with van der Waals surface area (Å²) in [5.74, 6) is -0.867. The maximum absolute atomic E-state index is 12.4. The Morgan fingerprint density at radius 2 is 1.54 bits per heavy atom. The van der Waals surface area contributed by atoms with Gasteiger partial charge in [0.05, 0.1) is 28.7 Å². The second-order valence-corrected chi connectivity index (χ2v) is 5.49. The van der Waals surface area contributed by atoms with Crippen LogP contribution in [0.25, 0.3) is 0 Å². The second kappa shape index (κ2) is 6.21. The van der Waals surface area contributed by atoms with Crippen molar-refractivity contribution in [2.45, 2.75) is 12.5 Å². The Labute approximate surface area is 137 Å². The first-order valence-electron chi connectivity index (χ1n) is 7.34. The molecule has 7 nitrogen and oxygen atoms in total. The van der Waals surface area contributed by atoms with Gasteiger partial charge in [-0.25, -0.2) is 0 Å². The van der Waals surface area contributed by atoms with Crippen molar-refractivity contribution < 1.29 is 19.6 Å². The van der Waals surface area contributed by atoms with Crippen molar-refractivity contribution in [3.8, 4) is 0 Å². The molecule has 0 saturated carbocycles.